The van der Waals surface area contributed by atoms with Crippen LogP contribution in [0.2, 0.25) is 5.32 Å². The number of nitrogens with zero attached hydrogens (tertiary/aromatic N) is 1. The van der Waals surface area contributed by atoms with Crippen LogP contribution in [0.5, 0.6) is 0 Å². The van der Waals surface area contributed by atoms with Gasteiger partial charge in [-0.3, -0.25) is 0 Å². The van der Waals surface area contributed by atoms with Gasteiger partial charge in [0, 0.05) is 0 Å². The normalized spacial score (nSPS) is 23.8. The van der Waals surface area contributed by atoms with Gasteiger partial charge in [0.15, 0.2) is 0 Å². The summed E-state index contributed by atoms with van der Waals surface area (Å²) in [6.45, 7) is 3.20. The zero-order chi connectivity index (χ0) is 19.8. The van der Waals surface area contributed by atoms with Gasteiger partial charge in [-0.05, 0) is 0 Å². The summed E-state index contributed by atoms with van der Waals surface area (Å²) in [6.07, 6.45) is 5.01. The Morgan fingerprint density at radius 1 is 1.10 bits per heavy atom. The van der Waals surface area contributed by atoms with Crippen LogP contribution in [0.4, 0.5) is 0 Å². The van der Waals surface area contributed by atoms with E-state index in [2.05, 4.69) is 71.4 Å². The fraction of sp³-hybridized carbons (Fsp3) is 0.400. The second-order valence-corrected chi connectivity index (χ2v) is 10.9. The number of nitrogens with one attached hydrogen (secondary N) is 1. The molecule has 0 aliphatic carbocycles. The Kier molecular flexibility index (Phi) is 5.01. The molecule has 0 saturated carbocycles. The second kappa shape index (κ2) is 7.66. The molecule has 2 aromatic carbocycles. The molecule has 2 aliphatic rings. The van der Waals surface area contributed by atoms with Gasteiger partial charge in [0.25, 0.3) is 0 Å². The van der Waals surface area contributed by atoms with Gasteiger partial charge in [-0.2, -0.15) is 0 Å². The molecule has 4 heteroatoms. The van der Waals surface area contributed by atoms with Crippen molar-refractivity contribution in [2.75, 3.05) is 6.54 Å². The van der Waals surface area contributed by atoms with Gasteiger partial charge in [-0.15, -0.1) is 0 Å². The van der Waals surface area contributed by atoms with E-state index in [1.54, 1.807) is 0 Å². The van der Waals surface area contributed by atoms with Gasteiger partial charge in [0.2, 0.25) is 0 Å². The number of carbonyl (C=O) groups excluding carboxylic acids is 1. The van der Waals surface area contributed by atoms with Gasteiger partial charge < -0.3 is 0 Å². The summed E-state index contributed by atoms with van der Waals surface area (Å²) in [5, 5.41) is 2.58. The topological polar surface area (TPSA) is 36.1 Å². The number of carbonyl (C=O) groups is 1. The number of piperidine rings is 1. The van der Waals surface area contributed by atoms with Crippen LogP contribution in [0.15, 0.2) is 54.6 Å². The van der Waals surface area contributed by atoms with Gasteiger partial charge in [-0.1, -0.05) is 0 Å². The van der Waals surface area contributed by atoms with Crippen LogP contribution in [-0.2, 0) is 11.2 Å². The number of aromatic amines is 1. The number of benzene rings is 2. The predicted octanol–water partition coefficient (Wildman–Crippen LogP) is 4.62. The summed E-state index contributed by atoms with van der Waals surface area (Å²) < 4.78 is 1.48. The van der Waals surface area contributed by atoms with Crippen molar-refractivity contribution in [1.29, 1.82) is 0 Å². The minimum absolute atomic E-state index is 0.181. The third-order valence-corrected chi connectivity index (χ3v) is 9.21. The van der Waals surface area contributed by atoms with E-state index in [9.17, 15) is 4.79 Å². The van der Waals surface area contributed by atoms with E-state index in [1.165, 1.54) is 38.4 Å². The molecule has 29 heavy (non-hydrogen) atoms. The Morgan fingerprint density at radius 3 is 2.72 bits per heavy atom. The van der Waals surface area contributed by atoms with E-state index in [0.29, 0.717) is 27.3 Å². The molecule has 1 aromatic heterocycles. The summed E-state index contributed by atoms with van der Waals surface area (Å²) in [5.41, 5.74) is 4.17. The predicted molar refractivity (Wildman–Crippen MR) is 120 cm³/mol. The van der Waals surface area contributed by atoms with Gasteiger partial charge in [0.1, 0.15) is 0 Å². The first-order valence-electron chi connectivity index (χ1n) is 10.8. The van der Waals surface area contributed by atoms with Crippen LogP contribution < -0.4 is 4.46 Å². The molecule has 2 aliphatic heterocycles. The zero-order valence-corrected chi connectivity index (χ0v) is 18.7. The van der Waals surface area contributed by atoms with E-state index in [0.717, 1.165) is 25.8 Å². The quantitative estimate of drug-likeness (QED) is 0.565. The molecule has 3 heterocycles. The summed E-state index contributed by atoms with van der Waals surface area (Å²) in [6, 6.07) is 19.7. The Bertz CT molecular complexity index is 1030. The van der Waals surface area contributed by atoms with Gasteiger partial charge in [-0.25, -0.2) is 0 Å². The number of hydrogen-bond acceptors (Lipinski definition) is 1. The van der Waals surface area contributed by atoms with Crippen molar-refractivity contribution in [2.45, 2.75) is 50.4 Å². The first kappa shape index (κ1) is 19.0. The third-order valence-electron chi connectivity index (χ3n) is 7.09. The Morgan fingerprint density at radius 2 is 1.90 bits per heavy atom. The van der Waals surface area contributed by atoms with E-state index >= 15 is 0 Å². The fourth-order valence-electron chi connectivity index (χ4n) is 5.48. The molecular weight excluding hydrogens is 423 g/mol. The Balaban J connectivity index is 1.50. The molecular formula is C25H28N2OSe. The second-order valence-electron chi connectivity index (χ2n) is 8.43. The summed E-state index contributed by atoms with van der Waals surface area (Å²) in [4.78, 5) is 18.8. The van der Waals surface area contributed by atoms with Crippen molar-refractivity contribution in [2.24, 2.45) is 5.41 Å². The van der Waals surface area contributed by atoms with Crippen LogP contribution >= 0.6 is 0 Å². The molecule has 0 spiro atoms. The number of H-pyrrole nitrogens is 1. The van der Waals surface area contributed by atoms with Crippen LogP contribution in [-0.4, -0.2) is 37.3 Å². The maximum absolute atomic E-state index is 12.9. The molecule has 3 nitrogen and oxygen atoms in total. The van der Waals surface area contributed by atoms with Crippen molar-refractivity contribution < 1.29 is 4.79 Å². The van der Waals surface area contributed by atoms with Crippen LogP contribution in [0.1, 0.15) is 49.9 Å². The number of fused-ring (bicyclic) bond motifs is 5. The molecule has 0 bridgehead atoms. The average molecular weight is 451 g/mol. The number of amides is 1. The standard InChI is InChI=1S/C25H28N2OSe/c1-2-25(15-17-29-18-8-4-3-5-9-18)14-12-22(28)27-16-13-20-19-10-6-7-11-21(19)26-23(20)24(25)27/h3-11,24,26H,2,12-17H2,1H3/t24-,25+/m1/s1. The Labute approximate surface area is 179 Å². The molecule has 1 fully saturated rings. The van der Waals surface area contributed by atoms with E-state index in [1.807, 2.05) is 0 Å². The van der Waals surface area contributed by atoms with E-state index < -0.39 is 0 Å². The van der Waals surface area contributed by atoms with Crippen molar-refractivity contribution in [3.05, 3.63) is 65.9 Å². The van der Waals surface area contributed by atoms with Crippen LogP contribution in [0.25, 0.3) is 10.9 Å². The molecule has 150 valence electrons. The van der Waals surface area contributed by atoms with E-state index in [4.69, 9.17) is 0 Å². The minimum atomic E-state index is 0.181. The first-order valence-corrected chi connectivity index (χ1v) is 12.9. The number of rotatable bonds is 5. The van der Waals surface area contributed by atoms with Crippen molar-refractivity contribution in [1.82, 2.24) is 9.88 Å². The summed E-state index contributed by atoms with van der Waals surface area (Å²) in [7, 11) is 0. The summed E-state index contributed by atoms with van der Waals surface area (Å²) >= 11 is 0.494. The maximum atomic E-state index is 12.9. The molecule has 0 radical (unpaired) electrons. The third kappa shape index (κ3) is 3.23. The first-order chi connectivity index (χ1) is 14.2. The van der Waals surface area contributed by atoms with Crippen molar-refractivity contribution >= 4 is 36.2 Å². The SMILES string of the molecule is CC[C@@]1(CC[Se]c2ccccc2)CCC(=O)N2CCc3c([nH]c4ccccc34)[C@@H]21. The van der Waals surface area contributed by atoms with Crippen LogP contribution in [0.3, 0.4) is 0 Å². The Hall–Kier alpha value is -2.03. The monoisotopic (exact) mass is 452 g/mol. The molecule has 1 amide bonds. The molecule has 1 N–H and O–H groups in total. The molecule has 0 unspecified atom stereocenters. The fourth-order valence-corrected chi connectivity index (χ4v) is 7.77. The van der Waals surface area contributed by atoms with Gasteiger partial charge in [0.05, 0.1) is 0 Å². The number of hydrogen-bond donors (Lipinski definition) is 1. The summed E-state index contributed by atoms with van der Waals surface area (Å²) in [5.74, 6) is 0.344. The van der Waals surface area contributed by atoms with E-state index in [-0.39, 0.29) is 11.5 Å². The number of aromatic nitrogens is 1. The molecule has 3 aromatic rings. The van der Waals surface area contributed by atoms with Crippen molar-refractivity contribution in [3.8, 4) is 0 Å². The molecule has 5 rings (SSSR count). The molecule has 1 saturated heterocycles. The zero-order valence-electron chi connectivity index (χ0n) is 17.0. The van der Waals surface area contributed by atoms with Crippen LogP contribution in [0, 0.1) is 5.41 Å². The average Bonchev–Trinajstić information content (AvgIpc) is 3.15. The molecule has 2 atom stereocenters. The number of para-hydroxylation sites is 1. The van der Waals surface area contributed by atoms with Gasteiger partial charge >= 0.3 is 179 Å². The van der Waals surface area contributed by atoms with Crippen molar-refractivity contribution in [3.63, 3.8) is 0 Å².